The number of nitrogens with zero attached hydrogens (tertiary/aromatic N) is 1. The Morgan fingerprint density at radius 1 is 1.37 bits per heavy atom. The van der Waals surface area contributed by atoms with E-state index < -0.39 is 0 Å². The summed E-state index contributed by atoms with van der Waals surface area (Å²) in [5, 5.41) is 9.70. The molecular weight excluding hydrogens is 242 g/mol. The second kappa shape index (κ2) is 7.79. The number of aromatic hydroxyl groups is 1. The normalized spacial score (nSPS) is 10.7. The fourth-order valence-electron chi connectivity index (χ4n) is 1.90. The lowest BCUT2D eigenvalue weighted by Gasteiger charge is -2.24. The number of methoxy groups -OCH3 is 1. The molecular formula is C15H23NO3. The molecule has 0 fully saturated rings. The second-order valence-electron chi connectivity index (χ2n) is 5.03. The standard InChI is InChI=1S/C15H23NO3/c1-12(2)11-16(8-9-19-3)15(18)10-13-6-4-5-7-14(13)17/h4-7,12,17H,8-11H2,1-3H3. The van der Waals surface area contributed by atoms with Crippen LogP contribution in [0.15, 0.2) is 24.3 Å². The smallest absolute Gasteiger partial charge is 0.227 e. The monoisotopic (exact) mass is 265 g/mol. The third kappa shape index (κ3) is 5.30. The zero-order chi connectivity index (χ0) is 14.3. The fourth-order valence-corrected chi connectivity index (χ4v) is 1.90. The van der Waals surface area contributed by atoms with Crippen LogP contribution in [0.5, 0.6) is 5.75 Å². The molecule has 106 valence electrons. The Bertz CT molecular complexity index is 404. The maximum atomic E-state index is 12.3. The molecule has 0 aliphatic carbocycles. The minimum Gasteiger partial charge on any atom is -0.508 e. The van der Waals surface area contributed by atoms with Gasteiger partial charge in [-0.2, -0.15) is 0 Å². The van der Waals surface area contributed by atoms with E-state index in [2.05, 4.69) is 13.8 Å². The Balaban J connectivity index is 2.68. The van der Waals surface area contributed by atoms with Gasteiger partial charge in [-0.25, -0.2) is 0 Å². The summed E-state index contributed by atoms with van der Waals surface area (Å²) in [7, 11) is 1.63. The fraction of sp³-hybridized carbons (Fsp3) is 0.533. The highest BCUT2D eigenvalue weighted by Crippen LogP contribution is 2.17. The van der Waals surface area contributed by atoms with Crippen molar-refractivity contribution in [1.29, 1.82) is 0 Å². The third-order valence-corrected chi connectivity index (χ3v) is 2.84. The van der Waals surface area contributed by atoms with Crippen LogP contribution in [0.1, 0.15) is 19.4 Å². The van der Waals surface area contributed by atoms with Gasteiger partial charge < -0.3 is 14.7 Å². The van der Waals surface area contributed by atoms with E-state index in [0.717, 1.165) is 0 Å². The number of phenolic OH excluding ortho intramolecular Hbond substituents is 1. The lowest BCUT2D eigenvalue weighted by Crippen LogP contribution is -2.37. The summed E-state index contributed by atoms with van der Waals surface area (Å²) in [5.74, 6) is 0.601. The molecule has 0 bridgehead atoms. The molecule has 4 nitrogen and oxygen atoms in total. The Kier molecular flexibility index (Phi) is 6.36. The van der Waals surface area contributed by atoms with E-state index in [1.54, 1.807) is 30.2 Å². The molecule has 19 heavy (non-hydrogen) atoms. The van der Waals surface area contributed by atoms with Crippen LogP contribution in [0.2, 0.25) is 0 Å². The SMILES string of the molecule is COCCN(CC(C)C)C(=O)Cc1ccccc1O. The molecule has 1 aromatic carbocycles. The van der Waals surface area contributed by atoms with E-state index in [0.29, 0.717) is 31.2 Å². The molecule has 1 aromatic rings. The summed E-state index contributed by atoms with van der Waals surface area (Å²) >= 11 is 0. The highest BCUT2D eigenvalue weighted by atomic mass is 16.5. The largest absolute Gasteiger partial charge is 0.508 e. The Labute approximate surface area is 115 Å². The number of phenols is 1. The van der Waals surface area contributed by atoms with Crippen molar-refractivity contribution in [3.05, 3.63) is 29.8 Å². The zero-order valence-corrected chi connectivity index (χ0v) is 11.9. The van der Waals surface area contributed by atoms with Gasteiger partial charge in [0.15, 0.2) is 0 Å². The number of rotatable bonds is 7. The first-order valence-electron chi connectivity index (χ1n) is 6.58. The van der Waals surface area contributed by atoms with Gasteiger partial charge in [-0.05, 0) is 12.0 Å². The van der Waals surface area contributed by atoms with Crippen molar-refractivity contribution < 1.29 is 14.6 Å². The highest BCUT2D eigenvalue weighted by Gasteiger charge is 2.16. The topological polar surface area (TPSA) is 49.8 Å². The highest BCUT2D eigenvalue weighted by molar-refractivity contribution is 5.79. The van der Waals surface area contributed by atoms with E-state index in [-0.39, 0.29) is 18.1 Å². The molecule has 0 aromatic heterocycles. The predicted octanol–water partition coefficient (Wildman–Crippen LogP) is 2.07. The van der Waals surface area contributed by atoms with Crippen molar-refractivity contribution in [1.82, 2.24) is 4.90 Å². The third-order valence-electron chi connectivity index (χ3n) is 2.84. The molecule has 1 N–H and O–H groups in total. The van der Waals surface area contributed by atoms with E-state index in [4.69, 9.17) is 4.74 Å². The summed E-state index contributed by atoms with van der Waals surface area (Å²) in [4.78, 5) is 14.1. The number of hydrogen-bond acceptors (Lipinski definition) is 3. The summed E-state index contributed by atoms with van der Waals surface area (Å²) in [6.45, 7) is 5.97. The van der Waals surface area contributed by atoms with Crippen molar-refractivity contribution in [3.8, 4) is 5.75 Å². The molecule has 0 radical (unpaired) electrons. The minimum atomic E-state index is 0.0206. The molecule has 0 saturated carbocycles. The Morgan fingerprint density at radius 2 is 2.05 bits per heavy atom. The first-order chi connectivity index (χ1) is 9.04. The van der Waals surface area contributed by atoms with Gasteiger partial charge >= 0.3 is 0 Å². The first kappa shape index (κ1) is 15.5. The molecule has 0 atom stereocenters. The number of ether oxygens (including phenoxy) is 1. The zero-order valence-electron chi connectivity index (χ0n) is 11.9. The molecule has 0 saturated heterocycles. The van der Waals surface area contributed by atoms with Crippen LogP contribution < -0.4 is 0 Å². The lowest BCUT2D eigenvalue weighted by atomic mass is 10.1. The van der Waals surface area contributed by atoms with Gasteiger partial charge in [-0.15, -0.1) is 0 Å². The first-order valence-corrected chi connectivity index (χ1v) is 6.58. The molecule has 1 amide bonds. The molecule has 0 heterocycles. The number of carbonyl (C=O) groups is 1. The van der Waals surface area contributed by atoms with Gasteiger partial charge in [-0.3, -0.25) is 4.79 Å². The van der Waals surface area contributed by atoms with E-state index >= 15 is 0 Å². The van der Waals surface area contributed by atoms with Crippen molar-refractivity contribution in [2.45, 2.75) is 20.3 Å². The predicted molar refractivity (Wildman–Crippen MR) is 75.1 cm³/mol. The van der Waals surface area contributed by atoms with Crippen molar-refractivity contribution in [2.75, 3.05) is 26.8 Å². The van der Waals surface area contributed by atoms with Gasteiger partial charge in [-0.1, -0.05) is 32.0 Å². The van der Waals surface area contributed by atoms with Gasteiger partial charge in [0.05, 0.1) is 13.0 Å². The van der Waals surface area contributed by atoms with E-state index in [1.165, 1.54) is 0 Å². The van der Waals surface area contributed by atoms with Crippen LogP contribution in [0.25, 0.3) is 0 Å². The number of benzene rings is 1. The number of carbonyl (C=O) groups excluding carboxylic acids is 1. The Morgan fingerprint density at radius 3 is 2.63 bits per heavy atom. The summed E-state index contributed by atoms with van der Waals surface area (Å²) in [6, 6.07) is 6.95. The summed E-state index contributed by atoms with van der Waals surface area (Å²) < 4.78 is 5.03. The summed E-state index contributed by atoms with van der Waals surface area (Å²) in [6.07, 6.45) is 0.225. The van der Waals surface area contributed by atoms with Gasteiger partial charge in [0.25, 0.3) is 0 Å². The summed E-state index contributed by atoms with van der Waals surface area (Å²) in [5.41, 5.74) is 0.665. The molecule has 0 unspecified atom stereocenters. The van der Waals surface area contributed by atoms with Crippen molar-refractivity contribution in [3.63, 3.8) is 0 Å². The van der Waals surface area contributed by atoms with Crippen LogP contribution in [0.3, 0.4) is 0 Å². The van der Waals surface area contributed by atoms with Gasteiger partial charge in [0.1, 0.15) is 5.75 Å². The van der Waals surface area contributed by atoms with Gasteiger partial charge in [0.2, 0.25) is 5.91 Å². The van der Waals surface area contributed by atoms with Crippen LogP contribution in [-0.2, 0) is 16.0 Å². The number of hydrogen-bond donors (Lipinski definition) is 1. The van der Waals surface area contributed by atoms with Crippen molar-refractivity contribution >= 4 is 5.91 Å². The maximum absolute atomic E-state index is 12.3. The van der Waals surface area contributed by atoms with Gasteiger partial charge in [0, 0.05) is 25.8 Å². The minimum absolute atomic E-state index is 0.0206. The lowest BCUT2D eigenvalue weighted by molar-refractivity contribution is -0.131. The van der Waals surface area contributed by atoms with E-state index in [1.807, 2.05) is 6.07 Å². The molecule has 0 aliphatic rings. The van der Waals surface area contributed by atoms with Crippen LogP contribution >= 0.6 is 0 Å². The number of para-hydroxylation sites is 1. The van der Waals surface area contributed by atoms with Crippen LogP contribution in [0.4, 0.5) is 0 Å². The number of amides is 1. The van der Waals surface area contributed by atoms with Crippen molar-refractivity contribution in [2.24, 2.45) is 5.92 Å². The Hall–Kier alpha value is -1.55. The molecule has 0 spiro atoms. The second-order valence-corrected chi connectivity index (χ2v) is 5.03. The maximum Gasteiger partial charge on any atom is 0.227 e. The average Bonchev–Trinajstić information content (AvgIpc) is 2.36. The molecule has 0 aliphatic heterocycles. The quantitative estimate of drug-likeness (QED) is 0.821. The average molecular weight is 265 g/mol. The molecule has 4 heteroatoms. The molecule has 1 rings (SSSR count). The van der Waals surface area contributed by atoms with E-state index in [9.17, 15) is 9.90 Å². The van der Waals surface area contributed by atoms with Crippen LogP contribution in [-0.4, -0.2) is 42.7 Å². The van der Waals surface area contributed by atoms with Crippen LogP contribution in [0, 0.1) is 5.92 Å².